The van der Waals surface area contributed by atoms with E-state index in [4.69, 9.17) is 4.74 Å². The molecule has 1 aliphatic heterocycles. The van der Waals surface area contributed by atoms with Crippen LogP contribution in [0.5, 0.6) is 5.75 Å². The summed E-state index contributed by atoms with van der Waals surface area (Å²) in [6.07, 6.45) is 3.64. The van der Waals surface area contributed by atoms with Crippen molar-refractivity contribution in [3.8, 4) is 5.75 Å². The largest absolute Gasteiger partial charge is 0.497 e. The van der Waals surface area contributed by atoms with Crippen molar-refractivity contribution in [1.29, 1.82) is 0 Å². The first-order valence-corrected chi connectivity index (χ1v) is 10.0. The van der Waals surface area contributed by atoms with Crippen molar-refractivity contribution in [1.82, 2.24) is 10.2 Å². The molecule has 1 aliphatic rings. The molecule has 1 saturated heterocycles. The van der Waals surface area contributed by atoms with Crippen molar-refractivity contribution >= 4 is 5.91 Å². The summed E-state index contributed by atoms with van der Waals surface area (Å²) < 4.78 is 18.2. The van der Waals surface area contributed by atoms with E-state index in [2.05, 4.69) is 22.3 Å². The van der Waals surface area contributed by atoms with Gasteiger partial charge in [-0.2, -0.15) is 0 Å². The summed E-state index contributed by atoms with van der Waals surface area (Å²) in [6, 6.07) is 14.7. The Bertz CT molecular complexity index is 738. The van der Waals surface area contributed by atoms with Gasteiger partial charge in [0.25, 0.3) is 0 Å². The summed E-state index contributed by atoms with van der Waals surface area (Å²) in [5.74, 6) is 0.940. The fraction of sp³-hybridized carbons (Fsp3) is 0.435. The zero-order valence-electron chi connectivity index (χ0n) is 16.5. The fourth-order valence-corrected chi connectivity index (χ4v) is 3.64. The molecule has 1 fully saturated rings. The smallest absolute Gasteiger partial charge is 0.223 e. The predicted octanol–water partition coefficient (Wildman–Crippen LogP) is 3.80. The van der Waals surface area contributed by atoms with Crippen LogP contribution >= 0.6 is 0 Å². The number of likely N-dealkylation sites (tertiary alicyclic amines) is 1. The van der Waals surface area contributed by atoms with Crippen LogP contribution in [-0.4, -0.2) is 37.6 Å². The number of benzene rings is 2. The Morgan fingerprint density at radius 3 is 2.36 bits per heavy atom. The topological polar surface area (TPSA) is 41.6 Å². The Morgan fingerprint density at radius 1 is 1.07 bits per heavy atom. The quantitative estimate of drug-likeness (QED) is 0.704. The highest BCUT2D eigenvalue weighted by Crippen LogP contribution is 2.19. The van der Waals surface area contributed by atoms with Crippen LogP contribution in [0.1, 0.15) is 30.4 Å². The average Bonchev–Trinajstić information content (AvgIpc) is 2.73. The van der Waals surface area contributed by atoms with Gasteiger partial charge in [0, 0.05) is 19.0 Å². The zero-order valence-corrected chi connectivity index (χ0v) is 16.5. The van der Waals surface area contributed by atoms with Crippen LogP contribution < -0.4 is 10.1 Å². The monoisotopic (exact) mass is 384 g/mol. The summed E-state index contributed by atoms with van der Waals surface area (Å²) >= 11 is 0. The molecule has 2 aromatic carbocycles. The van der Waals surface area contributed by atoms with Crippen molar-refractivity contribution < 1.29 is 13.9 Å². The van der Waals surface area contributed by atoms with Crippen LogP contribution in [0.4, 0.5) is 4.39 Å². The van der Waals surface area contributed by atoms with Crippen LogP contribution in [0.3, 0.4) is 0 Å². The standard InChI is InChI=1S/C23H29FN2O2/c1-28-22-10-6-18(7-11-22)3-2-14-25-23(27)20-12-15-26(16-13-20)17-19-4-8-21(24)9-5-19/h4-11,20H,2-3,12-17H2,1H3,(H,25,27). The van der Waals surface area contributed by atoms with Gasteiger partial charge in [-0.25, -0.2) is 4.39 Å². The number of halogens is 1. The molecule has 28 heavy (non-hydrogen) atoms. The molecule has 0 aromatic heterocycles. The molecule has 0 atom stereocenters. The second-order valence-electron chi connectivity index (χ2n) is 7.42. The summed E-state index contributed by atoms with van der Waals surface area (Å²) in [6.45, 7) is 3.33. The maximum atomic E-state index is 13.0. The van der Waals surface area contributed by atoms with Gasteiger partial charge in [-0.3, -0.25) is 9.69 Å². The Kier molecular flexibility index (Phi) is 7.43. The highest BCUT2D eigenvalue weighted by Gasteiger charge is 2.24. The van der Waals surface area contributed by atoms with E-state index in [1.54, 1.807) is 7.11 Å². The highest BCUT2D eigenvalue weighted by molar-refractivity contribution is 5.78. The summed E-state index contributed by atoms with van der Waals surface area (Å²) in [5.41, 5.74) is 2.37. The molecule has 0 bridgehead atoms. The van der Waals surface area contributed by atoms with Gasteiger partial charge in [-0.05, 0) is 74.2 Å². The Balaban J connectivity index is 1.32. The SMILES string of the molecule is COc1ccc(CCCNC(=O)C2CCN(Cc3ccc(F)cc3)CC2)cc1. The third-order valence-electron chi connectivity index (χ3n) is 5.38. The molecule has 5 heteroatoms. The van der Waals surface area contributed by atoms with Gasteiger partial charge in [0.2, 0.25) is 5.91 Å². The summed E-state index contributed by atoms with van der Waals surface area (Å²) in [4.78, 5) is 14.7. The van der Waals surface area contributed by atoms with Gasteiger partial charge in [0.15, 0.2) is 0 Å². The Labute approximate surface area is 166 Å². The van der Waals surface area contributed by atoms with Gasteiger partial charge in [0.05, 0.1) is 7.11 Å². The van der Waals surface area contributed by atoms with E-state index in [-0.39, 0.29) is 17.6 Å². The summed E-state index contributed by atoms with van der Waals surface area (Å²) in [5, 5.41) is 3.09. The average molecular weight is 384 g/mol. The van der Waals surface area contributed by atoms with Gasteiger partial charge >= 0.3 is 0 Å². The minimum Gasteiger partial charge on any atom is -0.497 e. The summed E-state index contributed by atoms with van der Waals surface area (Å²) in [7, 11) is 1.66. The van der Waals surface area contributed by atoms with Crippen LogP contribution in [-0.2, 0) is 17.8 Å². The van der Waals surface area contributed by atoms with Crippen LogP contribution in [0.2, 0.25) is 0 Å². The van der Waals surface area contributed by atoms with Crippen LogP contribution in [0.15, 0.2) is 48.5 Å². The van der Waals surface area contributed by atoms with Crippen molar-refractivity contribution in [3.63, 3.8) is 0 Å². The van der Waals surface area contributed by atoms with Crippen molar-refractivity contribution in [2.24, 2.45) is 5.92 Å². The van der Waals surface area contributed by atoms with Gasteiger partial charge in [0.1, 0.15) is 11.6 Å². The highest BCUT2D eigenvalue weighted by atomic mass is 19.1. The molecule has 0 radical (unpaired) electrons. The number of carbonyl (C=O) groups excluding carboxylic acids is 1. The van der Waals surface area contributed by atoms with E-state index in [0.29, 0.717) is 6.54 Å². The number of amides is 1. The first-order chi connectivity index (χ1) is 13.6. The number of ether oxygens (including phenoxy) is 1. The predicted molar refractivity (Wildman–Crippen MR) is 109 cm³/mol. The van der Waals surface area contributed by atoms with E-state index in [0.717, 1.165) is 56.6 Å². The normalized spacial score (nSPS) is 15.4. The molecule has 0 unspecified atom stereocenters. The maximum Gasteiger partial charge on any atom is 0.223 e. The lowest BCUT2D eigenvalue weighted by atomic mass is 9.95. The van der Waals surface area contributed by atoms with Gasteiger partial charge in [-0.1, -0.05) is 24.3 Å². The molecular formula is C23H29FN2O2. The molecule has 1 amide bonds. The number of hydrogen-bond donors (Lipinski definition) is 1. The molecule has 1 N–H and O–H groups in total. The number of hydrogen-bond acceptors (Lipinski definition) is 3. The second kappa shape index (κ2) is 10.2. The third-order valence-corrected chi connectivity index (χ3v) is 5.38. The molecular weight excluding hydrogens is 355 g/mol. The van der Waals surface area contributed by atoms with Crippen LogP contribution in [0, 0.1) is 11.7 Å². The van der Waals surface area contributed by atoms with E-state index in [1.165, 1.54) is 17.7 Å². The Morgan fingerprint density at radius 2 is 1.71 bits per heavy atom. The molecule has 2 aromatic rings. The van der Waals surface area contributed by atoms with E-state index in [9.17, 15) is 9.18 Å². The van der Waals surface area contributed by atoms with E-state index >= 15 is 0 Å². The van der Waals surface area contributed by atoms with E-state index in [1.807, 2.05) is 24.3 Å². The first kappa shape index (κ1) is 20.3. The third kappa shape index (κ3) is 6.06. The molecule has 0 saturated carbocycles. The lowest BCUT2D eigenvalue weighted by molar-refractivity contribution is -0.126. The molecule has 4 nitrogen and oxygen atoms in total. The second-order valence-corrected chi connectivity index (χ2v) is 7.42. The van der Waals surface area contributed by atoms with Crippen molar-refractivity contribution in [2.75, 3.05) is 26.7 Å². The van der Waals surface area contributed by atoms with Gasteiger partial charge < -0.3 is 10.1 Å². The molecule has 150 valence electrons. The minimum absolute atomic E-state index is 0.102. The minimum atomic E-state index is -0.203. The zero-order chi connectivity index (χ0) is 19.8. The molecule has 1 heterocycles. The number of nitrogens with one attached hydrogen (secondary N) is 1. The van der Waals surface area contributed by atoms with Crippen LogP contribution in [0.25, 0.3) is 0 Å². The molecule has 0 aliphatic carbocycles. The lowest BCUT2D eigenvalue weighted by Crippen LogP contribution is -2.40. The molecule has 3 rings (SSSR count). The number of methoxy groups -OCH3 is 1. The van der Waals surface area contributed by atoms with Gasteiger partial charge in [-0.15, -0.1) is 0 Å². The first-order valence-electron chi connectivity index (χ1n) is 10.0. The number of aryl methyl sites for hydroxylation is 1. The fourth-order valence-electron chi connectivity index (χ4n) is 3.64. The number of rotatable bonds is 8. The van der Waals surface area contributed by atoms with E-state index < -0.39 is 0 Å². The Hall–Kier alpha value is -2.40. The van der Waals surface area contributed by atoms with Crippen molar-refractivity contribution in [3.05, 3.63) is 65.5 Å². The number of nitrogens with zero attached hydrogens (tertiary/aromatic N) is 1. The number of carbonyl (C=O) groups is 1. The maximum absolute atomic E-state index is 13.0. The van der Waals surface area contributed by atoms with Crippen molar-refractivity contribution in [2.45, 2.75) is 32.2 Å². The lowest BCUT2D eigenvalue weighted by Gasteiger charge is -2.31. The molecule has 0 spiro atoms. The number of piperidine rings is 1.